The van der Waals surface area contributed by atoms with E-state index in [1.54, 1.807) is 24.3 Å². The standard InChI is InChI=1S/C15H13F2N3O2/c16-13-5-2-6-14(17)12(13)9-22-11-4-1-3-10(7-11)8-19-20-15(18)21/h1-8H,9H2,(H3,18,20,21). The second kappa shape index (κ2) is 7.16. The van der Waals surface area contributed by atoms with Crippen LogP contribution in [0.1, 0.15) is 11.1 Å². The van der Waals surface area contributed by atoms with Gasteiger partial charge in [-0.2, -0.15) is 5.10 Å². The molecule has 0 unspecified atom stereocenters. The molecule has 0 radical (unpaired) electrons. The predicted octanol–water partition coefficient (Wildman–Crippen LogP) is 2.55. The summed E-state index contributed by atoms with van der Waals surface area (Å²) in [7, 11) is 0. The second-order valence-corrected chi connectivity index (χ2v) is 4.30. The Morgan fingerprint density at radius 1 is 1.23 bits per heavy atom. The van der Waals surface area contributed by atoms with Crippen molar-refractivity contribution in [3.05, 3.63) is 65.2 Å². The van der Waals surface area contributed by atoms with Crippen molar-refractivity contribution in [1.29, 1.82) is 0 Å². The van der Waals surface area contributed by atoms with E-state index in [0.717, 1.165) is 0 Å². The lowest BCUT2D eigenvalue weighted by Gasteiger charge is -2.08. The SMILES string of the molecule is NC(=O)NN=Cc1cccc(OCc2c(F)cccc2F)c1. The number of nitrogens with zero attached hydrogens (tertiary/aromatic N) is 1. The Bertz CT molecular complexity index is 685. The Hall–Kier alpha value is -2.96. The van der Waals surface area contributed by atoms with Gasteiger partial charge in [0.05, 0.1) is 11.8 Å². The molecule has 0 saturated carbocycles. The molecular formula is C15H13F2N3O2. The molecule has 0 bridgehead atoms. The third-order valence-electron chi connectivity index (χ3n) is 2.69. The number of urea groups is 1. The van der Waals surface area contributed by atoms with Gasteiger partial charge in [-0.1, -0.05) is 18.2 Å². The highest BCUT2D eigenvalue weighted by Crippen LogP contribution is 2.17. The highest BCUT2D eigenvalue weighted by molar-refractivity contribution is 5.81. The number of nitrogens with one attached hydrogen (secondary N) is 1. The smallest absolute Gasteiger partial charge is 0.332 e. The molecule has 0 aliphatic carbocycles. The molecule has 3 N–H and O–H groups in total. The fraction of sp³-hybridized carbons (Fsp3) is 0.0667. The Labute approximate surface area is 125 Å². The molecule has 114 valence electrons. The number of hydrogen-bond acceptors (Lipinski definition) is 3. The van der Waals surface area contributed by atoms with Crippen LogP contribution < -0.4 is 15.9 Å². The summed E-state index contributed by atoms with van der Waals surface area (Å²) in [4.78, 5) is 10.5. The minimum atomic E-state index is -0.779. The van der Waals surface area contributed by atoms with Gasteiger partial charge >= 0.3 is 6.03 Å². The molecule has 2 amide bonds. The quantitative estimate of drug-likeness (QED) is 0.658. The van der Waals surface area contributed by atoms with Crippen LogP contribution in [0, 0.1) is 11.6 Å². The molecule has 0 aliphatic heterocycles. The Morgan fingerprint density at radius 2 is 1.91 bits per heavy atom. The summed E-state index contributed by atoms with van der Waals surface area (Å²) in [6, 6.07) is 9.47. The zero-order chi connectivity index (χ0) is 15.9. The molecule has 0 spiro atoms. The first-order valence-corrected chi connectivity index (χ1v) is 6.30. The predicted molar refractivity (Wildman–Crippen MR) is 77.4 cm³/mol. The monoisotopic (exact) mass is 305 g/mol. The van der Waals surface area contributed by atoms with Crippen molar-refractivity contribution >= 4 is 12.2 Å². The van der Waals surface area contributed by atoms with E-state index in [4.69, 9.17) is 10.5 Å². The van der Waals surface area contributed by atoms with E-state index >= 15 is 0 Å². The number of ether oxygens (including phenoxy) is 1. The van der Waals surface area contributed by atoms with Crippen molar-refractivity contribution in [2.75, 3.05) is 0 Å². The maximum Gasteiger partial charge on any atom is 0.332 e. The summed E-state index contributed by atoms with van der Waals surface area (Å²) in [6.45, 7) is -0.237. The topological polar surface area (TPSA) is 76.7 Å². The zero-order valence-corrected chi connectivity index (χ0v) is 11.4. The number of benzene rings is 2. The Balaban J connectivity index is 2.04. The maximum atomic E-state index is 13.5. The van der Waals surface area contributed by atoms with Gasteiger partial charge in [-0.15, -0.1) is 0 Å². The number of halogens is 2. The van der Waals surface area contributed by atoms with Crippen LogP contribution in [0.15, 0.2) is 47.6 Å². The van der Waals surface area contributed by atoms with Gasteiger partial charge in [-0.05, 0) is 29.8 Å². The van der Waals surface area contributed by atoms with Gasteiger partial charge in [-0.3, -0.25) is 0 Å². The summed E-state index contributed by atoms with van der Waals surface area (Å²) in [5.74, 6) is -0.919. The molecule has 0 saturated heterocycles. The van der Waals surface area contributed by atoms with E-state index < -0.39 is 17.7 Å². The van der Waals surface area contributed by atoms with Crippen molar-refractivity contribution in [2.45, 2.75) is 6.61 Å². The first kappa shape index (κ1) is 15.4. The fourth-order valence-corrected chi connectivity index (χ4v) is 1.68. The molecular weight excluding hydrogens is 292 g/mol. The van der Waals surface area contributed by atoms with Crippen LogP contribution in [-0.2, 0) is 6.61 Å². The fourth-order valence-electron chi connectivity index (χ4n) is 1.68. The van der Waals surface area contributed by atoms with Crippen molar-refractivity contribution in [3.63, 3.8) is 0 Å². The van der Waals surface area contributed by atoms with Gasteiger partial charge in [0.25, 0.3) is 0 Å². The molecule has 0 aliphatic rings. The Kier molecular flexibility index (Phi) is 5.02. The van der Waals surface area contributed by atoms with Gasteiger partial charge in [0, 0.05) is 0 Å². The summed E-state index contributed by atoms with van der Waals surface area (Å²) < 4.78 is 32.3. The number of primary amides is 1. The van der Waals surface area contributed by atoms with Gasteiger partial charge in [-0.25, -0.2) is 19.0 Å². The van der Waals surface area contributed by atoms with Crippen molar-refractivity contribution < 1.29 is 18.3 Å². The summed E-state index contributed by atoms with van der Waals surface area (Å²) in [5.41, 5.74) is 7.41. The highest BCUT2D eigenvalue weighted by Gasteiger charge is 2.09. The molecule has 2 rings (SSSR count). The lowest BCUT2D eigenvalue weighted by molar-refractivity contribution is 0.249. The molecule has 0 fully saturated rings. The minimum Gasteiger partial charge on any atom is -0.489 e. The molecule has 0 aromatic heterocycles. The Morgan fingerprint density at radius 3 is 2.59 bits per heavy atom. The molecule has 22 heavy (non-hydrogen) atoms. The van der Waals surface area contributed by atoms with Gasteiger partial charge < -0.3 is 10.5 Å². The highest BCUT2D eigenvalue weighted by atomic mass is 19.1. The summed E-state index contributed by atoms with van der Waals surface area (Å²) in [6.07, 6.45) is 1.36. The van der Waals surface area contributed by atoms with Gasteiger partial charge in [0.15, 0.2) is 0 Å². The maximum absolute atomic E-state index is 13.5. The van der Waals surface area contributed by atoms with Crippen LogP contribution in [0.5, 0.6) is 5.75 Å². The summed E-state index contributed by atoms with van der Waals surface area (Å²) >= 11 is 0. The summed E-state index contributed by atoms with van der Waals surface area (Å²) in [5, 5.41) is 3.60. The first-order chi connectivity index (χ1) is 10.6. The van der Waals surface area contributed by atoms with Crippen LogP contribution in [0.4, 0.5) is 13.6 Å². The number of rotatable bonds is 5. The van der Waals surface area contributed by atoms with Crippen molar-refractivity contribution in [2.24, 2.45) is 10.8 Å². The number of carbonyl (C=O) groups is 1. The third kappa shape index (κ3) is 4.27. The molecule has 0 atom stereocenters. The van der Waals surface area contributed by atoms with Crippen LogP contribution in [0.3, 0.4) is 0 Å². The normalized spacial score (nSPS) is 10.6. The number of nitrogens with two attached hydrogens (primary N) is 1. The van der Waals surface area contributed by atoms with Crippen molar-refractivity contribution in [1.82, 2.24) is 5.43 Å². The van der Waals surface area contributed by atoms with E-state index in [1.165, 1.54) is 24.4 Å². The van der Waals surface area contributed by atoms with Crippen LogP contribution in [0.25, 0.3) is 0 Å². The zero-order valence-electron chi connectivity index (χ0n) is 11.4. The van der Waals surface area contributed by atoms with Crippen molar-refractivity contribution in [3.8, 4) is 5.75 Å². The average Bonchev–Trinajstić information content (AvgIpc) is 2.47. The van der Waals surface area contributed by atoms with Crippen LogP contribution in [-0.4, -0.2) is 12.2 Å². The minimum absolute atomic E-state index is 0.142. The van der Waals surface area contributed by atoms with E-state index in [-0.39, 0.29) is 12.2 Å². The molecule has 2 aromatic rings. The van der Waals surface area contributed by atoms with E-state index in [9.17, 15) is 13.6 Å². The third-order valence-corrected chi connectivity index (χ3v) is 2.69. The van der Waals surface area contributed by atoms with E-state index in [2.05, 4.69) is 10.5 Å². The average molecular weight is 305 g/mol. The molecule has 5 nitrogen and oxygen atoms in total. The number of amides is 2. The van der Waals surface area contributed by atoms with Gasteiger partial charge in [0.1, 0.15) is 24.0 Å². The lowest BCUT2D eigenvalue weighted by atomic mass is 10.2. The van der Waals surface area contributed by atoms with Crippen LogP contribution in [0.2, 0.25) is 0 Å². The number of carbonyl (C=O) groups excluding carboxylic acids is 1. The largest absolute Gasteiger partial charge is 0.489 e. The second-order valence-electron chi connectivity index (χ2n) is 4.30. The number of hydrogen-bond donors (Lipinski definition) is 2. The van der Waals surface area contributed by atoms with Crippen LogP contribution >= 0.6 is 0 Å². The lowest BCUT2D eigenvalue weighted by Crippen LogP contribution is -2.24. The van der Waals surface area contributed by atoms with E-state index in [0.29, 0.717) is 11.3 Å². The molecule has 7 heteroatoms. The molecule has 0 heterocycles. The van der Waals surface area contributed by atoms with E-state index in [1.807, 2.05) is 0 Å². The first-order valence-electron chi connectivity index (χ1n) is 6.30. The molecule has 2 aromatic carbocycles. The number of hydrazone groups is 1. The van der Waals surface area contributed by atoms with Gasteiger partial charge in [0.2, 0.25) is 0 Å².